The van der Waals surface area contributed by atoms with Crippen LogP contribution in [0.25, 0.3) is 11.4 Å². The molecule has 0 N–H and O–H groups in total. The average molecular weight is 601 g/mol. The van der Waals surface area contributed by atoms with Crippen molar-refractivity contribution >= 4 is 10.1 Å². The Morgan fingerprint density at radius 1 is 0.684 bits per heavy atom. The summed E-state index contributed by atoms with van der Waals surface area (Å²) in [7, 11) is -5.85. The summed E-state index contributed by atoms with van der Waals surface area (Å²) >= 11 is 0.328. The summed E-state index contributed by atoms with van der Waals surface area (Å²) in [6, 6.07) is 11.9. The molecule has 0 fully saturated rings. The standard InChI is InChI=1S/C27H36N2.CHF3O3S.Cu/c1-18(2)22-11-9-12-23(19(3)4)26(22)28-15-16-29(17-28)27-24(20(5)6)13-10-14-25(27)21(7)8;2-1(3,4)8(5,6)7;/h9-16,18-21H,1-8H3;(H,5,6,7);/q;;+1/p-1. The van der Waals surface area contributed by atoms with Gasteiger partial charge in [-0.2, -0.15) is 0 Å². The molecule has 0 radical (unpaired) electrons. The van der Waals surface area contributed by atoms with E-state index in [0.29, 0.717) is 14.8 Å². The normalized spacial score (nSPS) is 13.0. The van der Waals surface area contributed by atoms with Crippen molar-refractivity contribution in [3.8, 4) is 11.4 Å². The van der Waals surface area contributed by atoms with E-state index in [1.807, 2.05) is 91.8 Å². The van der Waals surface area contributed by atoms with Crippen LogP contribution in [-0.2, 0) is 28.2 Å². The van der Waals surface area contributed by atoms with Gasteiger partial charge in [0.25, 0.3) is 0 Å². The van der Waals surface area contributed by atoms with E-state index < -0.39 is 15.6 Å². The molecular formula is C28H36CuF3N2O3S. The Hall–Kier alpha value is -2.13. The average Bonchev–Trinajstić information content (AvgIpc) is 3.23. The van der Waals surface area contributed by atoms with Crippen LogP contribution in [0.15, 0.2) is 48.8 Å². The van der Waals surface area contributed by atoms with Crippen LogP contribution in [0.1, 0.15) is 101 Å². The molecule has 1 aromatic heterocycles. The van der Waals surface area contributed by atoms with Crippen LogP contribution in [0.3, 0.4) is 0 Å². The van der Waals surface area contributed by atoms with Gasteiger partial charge in [0, 0.05) is 0 Å². The predicted octanol–water partition coefficient (Wildman–Crippen LogP) is 8.16. The van der Waals surface area contributed by atoms with Gasteiger partial charge in [-0.3, -0.25) is 0 Å². The van der Waals surface area contributed by atoms with Gasteiger partial charge >= 0.3 is 230 Å². The fourth-order valence-electron chi connectivity index (χ4n) is 4.40. The molecule has 3 rings (SSSR count). The van der Waals surface area contributed by atoms with Crippen molar-refractivity contribution in [3.05, 3.63) is 75.4 Å². The quantitative estimate of drug-likeness (QED) is 0.194. The van der Waals surface area contributed by atoms with Gasteiger partial charge in [0.15, 0.2) is 0 Å². The van der Waals surface area contributed by atoms with E-state index in [9.17, 15) is 21.6 Å². The Morgan fingerprint density at radius 2 is 1.00 bits per heavy atom. The third-order valence-electron chi connectivity index (χ3n) is 6.32. The molecule has 0 amide bonds. The van der Waals surface area contributed by atoms with Crippen molar-refractivity contribution in [1.82, 2.24) is 9.13 Å². The van der Waals surface area contributed by atoms with E-state index in [0.717, 1.165) is 33.6 Å². The summed E-state index contributed by atoms with van der Waals surface area (Å²) in [4.78, 5) is 0. The van der Waals surface area contributed by atoms with Crippen molar-refractivity contribution in [2.75, 3.05) is 0 Å². The van der Waals surface area contributed by atoms with Gasteiger partial charge in [0.2, 0.25) is 0 Å². The first kappa shape index (κ1) is 30.4. The zero-order valence-electron chi connectivity index (χ0n) is 22.9. The molecule has 0 aliphatic rings. The fourth-order valence-corrected chi connectivity index (χ4v) is 5.89. The Balaban J connectivity index is 2.52. The first-order chi connectivity index (χ1) is 17.6. The molecular weight excluding hydrogens is 565 g/mol. The van der Waals surface area contributed by atoms with Crippen LogP contribution in [0.2, 0.25) is 0 Å². The second-order valence-corrected chi connectivity index (χ2v) is 13.0. The fraction of sp³-hybridized carbons (Fsp3) is 0.464. The van der Waals surface area contributed by atoms with Gasteiger partial charge in [-0.25, -0.2) is 0 Å². The van der Waals surface area contributed by atoms with Crippen molar-refractivity contribution in [3.63, 3.8) is 0 Å². The molecule has 38 heavy (non-hydrogen) atoms. The Labute approximate surface area is 229 Å². The summed E-state index contributed by atoms with van der Waals surface area (Å²) in [6.45, 7) is 16.3. The number of rotatable bonds is 8. The minimum atomic E-state index is -5.85. The number of halogens is 3. The van der Waals surface area contributed by atoms with E-state index in [1.165, 1.54) is 0 Å². The van der Waals surface area contributed by atoms with Crippen molar-refractivity contribution < 1.29 is 39.7 Å². The van der Waals surface area contributed by atoms with Gasteiger partial charge in [-0.15, -0.1) is 0 Å². The molecule has 0 saturated heterocycles. The molecule has 0 aliphatic heterocycles. The van der Waals surface area contributed by atoms with Crippen LogP contribution in [0, 0.1) is 4.32 Å². The number of para-hydroxylation sites is 2. The van der Waals surface area contributed by atoms with Gasteiger partial charge < -0.3 is 0 Å². The molecule has 0 unspecified atom stereocenters. The monoisotopic (exact) mass is 600 g/mol. The first-order valence-electron chi connectivity index (χ1n) is 12.6. The van der Waals surface area contributed by atoms with E-state index >= 15 is 0 Å². The predicted molar refractivity (Wildman–Crippen MR) is 141 cm³/mol. The molecule has 0 spiro atoms. The molecule has 0 bridgehead atoms. The van der Waals surface area contributed by atoms with E-state index in [-0.39, 0.29) is 28.0 Å². The van der Waals surface area contributed by atoms with Crippen LogP contribution in [0.5, 0.6) is 0 Å². The zero-order chi connectivity index (χ0) is 28.6. The van der Waals surface area contributed by atoms with Gasteiger partial charge in [0.1, 0.15) is 0 Å². The van der Waals surface area contributed by atoms with Gasteiger partial charge in [-0.05, 0) is 0 Å². The number of imidazole rings is 1. The van der Waals surface area contributed by atoms with Crippen molar-refractivity contribution in [1.29, 1.82) is 0 Å². The summed E-state index contributed by atoms with van der Waals surface area (Å²) < 4.78 is 71.9. The van der Waals surface area contributed by atoms with E-state index in [1.54, 1.807) is 21.5 Å². The maximum atomic E-state index is 13.2. The molecule has 10 heteroatoms. The van der Waals surface area contributed by atoms with Crippen LogP contribution in [0.4, 0.5) is 13.2 Å². The third kappa shape index (κ3) is 6.03. The summed E-state index contributed by atoms with van der Waals surface area (Å²) in [5.74, 6) is 0.408. The van der Waals surface area contributed by atoms with E-state index in [4.69, 9.17) is 0 Å². The molecule has 5 nitrogen and oxygen atoms in total. The molecule has 214 valence electrons. The Morgan fingerprint density at radius 3 is 1.26 bits per heavy atom. The topological polar surface area (TPSA) is 53.2 Å². The molecule has 3 aromatic rings. The molecule has 0 saturated carbocycles. The second kappa shape index (κ2) is 11.5. The molecule has 2 aromatic carbocycles. The first-order valence-corrected chi connectivity index (χ1v) is 14.8. The number of aromatic nitrogens is 2. The van der Waals surface area contributed by atoms with Gasteiger partial charge in [-0.1, -0.05) is 0 Å². The van der Waals surface area contributed by atoms with Gasteiger partial charge in [0.05, 0.1) is 0 Å². The van der Waals surface area contributed by atoms with Crippen LogP contribution >= 0.6 is 0 Å². The van der Waals surface area contributed by atoms with Crippen molar-refractivity contribution in [2.24, 2.45) is 0 Å². The summed E-state index contributed by atoms with van der Waals surface area (Å²) in [6.07, 6.45) is 3.52. The molecule has 1 heterocycles. The summed E-state index contributed by atoms with van der Waals surface area (Å²) in [5, 5.41) is 0. The SMILES string of the molecule is CC(C)c1cccc(C(C)C)c1-n1ccn(-c2c(C(C)C)cccc2C(C)C)[c]1=[Cu][O]S(=O)(=O)C(F)(F)F. The molecule has 0 atom stereocenters. The Kier molecular flexibility index (Phi) is 9.24. The van der Waals surface area contributed by atoms with Crippen LogP contribution in [-0.4, -0.2) is 23.1 Å². The molecule has 0 aliphatic carbocycles. The van der Waals surface area contributed by atoms with E-state index in [2.05, 4.69) is 3.27 Å². The third-order valence-corrected chi connectivity index (χ3v) is 8.55. The number of hydrogen-bond donors (Lipinski definition) is 0. The zero-order valence-corrected chi connectivity index (χ0v) is 24.6. The minimum absolute atomic E-state index is 0.102. The number of hydrogen-bond acceptors (Lipinski definition) is 3. The number of alkyl halides is 3. The van der Waals surface area contributed by atoms with Crippen molar-refractivity contribution in [2.45, 2.75) is 84.6 Å². The number of benzene rings is 2. The Bertz CT molecular complexity index is 1330. The number of nitrogens with zero attached hydrogens (tertiary/aromatic N) is 2. The summed E-state index contributed by atoms with van der Waals surface area (Å²) in [5.41, 5.74) is 0.00192. The second-order valence-electron chi connectivity index (χ2n) is 10.5. The maximum absolute atomic E-state index is 13.2. The van der Waals surface area contributed by atoms with Crippen LogP contribution < -0.4 is 0 Å².